The zero-order chi connectivity index (χ0) is 10.3. The highest BCUT2D eigenvalue weighted by molar-refractivity contribution is 4.72. The average molecular weight is 185 g/mol. The average Bonchev–Trinajstić information content (AvgIpc) is 2.01. The molecule has 0 spiro atoms. The van der Waals surface area contributed by atoms with E-state index in [4.69, 9.17) is 4.74 Å². The van der Waals surface area contributed by atoms with Crippen molar-refractivity contribution in [2.24, 2.45) is 0 Å². The molecule has 0 rings (SSSR count). The summed E-state index contributed by atoms with van der Waals surface area (Å²) in [5.74, 6) is 0. The zero-order valence-corrected chi connectivity index (χ0v) is 9.47. The van der Waals surface area contributed by atoms with Crippen LogP contribution in [0.1, 0.15) is 27.7 Å². The van der Waals surface area contributed by atoms with Crippen LogP contribution in [0.2, 0.25) is 0 Å². The molecular formula is C11H23NO. The molecule has 0 N–H and O–H groups in total. The Hall–Kier alpha value is -0.340. The van der Waals surface area contributed by atoms with E-state index in [-0.39, 0.29) is 5.60 Å². The molecule has 0 aliphatic carbocycles. The molecule has 0 aliphatic rings. The lowest BCUT2D eigenvalue weighted by Gasteiger charge is -2.23. The molecule has 0 saturated carbocycles. The van der Waals surface area contributed by atoms with E-state index in [1.54, 1.807) is 0 Å². The Morgan fingerprint density at radius 1 is 1.38 bits per heavy atom. The molecule has 0 heterocycles. The Kier molecular flexibility index (Phi) is 6.00. The topological polar surface area (TPSA) is 12.5 Å². The van der Waals surface area contributed by atoms with Gasteiger partial charge in [0.05, 0.1) is 12.2 Å². The first-order chi connectivity index (χ1) is 5.99. The molecule has 0 amide bonds. The zero-order valence-electron chi connectivity index (χ0n) is 9.47. The highest BCUT2D eigenvalue weighted by atomic mass is 16.5. The first kappa shape index (κ1) is 12.7. The molecule has 0 unspecified atom stereocenters. The van der Waals surface area contributed by atoms with Gasteiger partial charge in [-0.05, 0) is 27.3 Å². The van der Waals surface area contributed by atoms with E-state index in [0.717, 1.165) is 26.2 Å². The van der Waals surface area contributed by atoms with Crippen LogP contribution in [0.3, 0.4) is 0 Å². The maximum absolute atomic E-state index is 5.63. The lowest BCUT2D eigenvalue weighted by atomic mass is 10.2. The molecule has 0 aromatic rings. The Labute approximate surface area is 82.6 Å². The predicted octanol–water partition coefficient (Wildman–Crippen LogP) is 2.31. The fourth-order valence-electron chi connectivity index (χ4n) is 1.04. The van der Waals surface area contributed by atoms with Gasteiger partial charge in [0.25, 0.3) is 0 Å². The number of hydrogen-bond acceptors (Lipinski definition) is 2. The van der Waals surface area contributed by atoms with E-state index in [2.05, 4.69) is 39.2 Å². The van der Waals surface area contributed by atoms with E-state index >= 15 is 0 Å². The first-order valence-electron chi connectivity index (χ1n) is 4.97. The number of ether oxygens (including phenoxy) is 1. The van der Waals surface area contributed by atoms with Gasteiger partial charge in [-0.15, -0.1) is 6.58 Å². The molecule has 0 bridgehead atoms. The predicted molar refractivity (Wildman–Crippen MR) is 58.0 cm³/mol. The third-order valence-corrected chi connectivity index (χ3v) is 1.78. The number of nitrogens with zero attached hydrogens (tertiary/aromatic N) is 1. The van der Waals surface area contributed by atoms with Crippen LogP contribution in [0.4, 0.5) is 0 Å². The lowest BCUT2D eigenvalue weighted by Crippen LogP contribution is -2.30. The summed E-state index contributed by atoms with van der Waals surface area (Å²) in [5.41, 5.74) is -0.0202. The van der Waals surface area contributed by atoms with Gasteiger partial charge in [0.2, 0.25) is 0 Å². The highest BCUT2D eigenvalue weighted by Crippen LogP contribution is 2.06. The summed E-state index contributed by atoms with van der Waals surface area (Å²) in [6, 6.07) is 0. The number of hydrogen-bond donors (Lipinski definition) is 0. The van der Waals surface area contributed by atoms with Crippen molar-refractivity contribution in [2.45, 2.75) is 33.3 Å². The Balaban J connectivity index is 3.54. The van der Waals surface area contributed by atoms with Crippen LogP contribution in [0.5, 0.6) is 0 Å². The molecule has 78 valence electrons. The Bertz CT molecular complexity index is 138. The largest absolute Gasteiger partial charge is 0.375 e. The summed E-state index contributed by atoms with van der Waals surface area (Å²) in [6.07, 6.45) is 1.93. The van der Waals surface area contributed by atoms with Crippen molar-refractivity contribution >= 4 is 0 Å². The van der Waals surface area contributed by atoms with Crippen LogP contribution in [-0.4, -0.2) is 36.7 Å². The summed E-state index contributed by atoms with van der Waals surface area (Å²) in [5, 5.41) is 0. The SMILES string of the molecule is C=CCN(CC)CCOC(C)(C)C. The maximum Gasteiger partial charge on any atom is 0.0600 e. The van der Waals surface area contributed by atoms with Crippen molar-refractivity contribution in [1.29, 1.82) is 0 Å². The second-order valence-corrected chi connectivity index (χ2v) is 4.14. The van der Waals surface area contributed by atoms with Crippen molar-refractivity contribution in [3.8, 4) is 0 Å². The molecule has 0 radical (unpaired) electrons. The normalized spacial score (nSPS) is 12.1. The monoisotopic (exact) mass is 185 g/mol. The molecule has 13 heavy (non-hydrogen) atoms. The second kappa shape index (κ2) is 6.17. The molecule has 0 fully saturated rings. The van der Waals surface area contributed by atoms with Gasteiger partial charge in [0.15, 0.2) is 0 Å². The second-order valence-electron chi connectivity index (χ2n) is 4.14. The van der Waals surface area contributed by atoms with E-state index in [1.807, 2.05) is 6.08 Å². The number of likely N-dealkylation sites (N-methyl/N-ethyl adjacent to an activating group) is 1. The van der Waals surface area contributed by atoms with E-state index in [1.165, 1.54) is 0 Å². The van der Waals surface area contributed by atoms with E-state index in [9.17, 15) is 0 Å². The smallest absolute Gasteiger partial charge is 0.0600 e. The first-order valence-corrected chi connectivity index (χ1v) is 4.97. The standard InChI is InChI=1S/C11H23NO/c1-6-8-12(7-2)9-10-13-11(3,4)5/h6H,1,7-10H2,2-5H3. The van der Waals surface area contributed by atoms with Crippen molar-refractivity contribution in [2.75, 3.05) is 26.2 Å². The molecular weight excluding hydrogens is 162 g/mol. The minimum Gasteiger partial charge on any atom is -0.375 e. The van der Waals surface area contributed by atoms with Gasteiger partial charge in [-0.1, -0.05) is 13.0 Å². The summed E-state index contributed by atoms with van der Waals surface area (Å²) < 4.78 is 5.63. The third-order valence-electron chi connectivity index (χ3n) is 1.78. The van der Waals surface area contributed by atoms with Gasteiger partial charge >= 0.3 is 0 Å². The van der Waals surface area contributed by atoms with Gasteiger partial charge in [0.1, 0.15) is 0 Å². The van der Waals surface area contributed by atoms with Crippen molar-refractivity contribution in [3.63, 3.8) is 0 Å². The summed E-state index contributed by atoms with van der Waals surface area (Å²) in [6.45, 7) is 15.9. The van der Waals surface area contributed by atoms with Crippen LogP contribution < -0.4 is 0 Å². The van der Waals surface area contributed by atoms with Gasteiger partial charge in [-0.2, -0.15) is 0 Å². The van der Waals surface area contributed by atoms with Crippen LogP contribution >= 0.6 is 0 Å². The molecule has 0 aromatic carbocycles. The van der Waals surface area contributed by atoms with Crippen LogP contribution in [-0.2, 0) is 4.74 Å². The minimum atomic E-state index is -0.0202. The van der Waals surface area contributed by atoms with Crippen molar-refractivity contribution in [3.05, 3.63) is 12.7 Å². The van der Waals surface area contributed by atoms with Gasteiger partial charge in [0, 0.05) is 13.1 Å². The Morgan fingerprint density at radius 3 is 2.38 bits per heavy atom. The van der Waals surface area contributed by atoms with Gasteiger partial charge in [-0.3, -0.25) is 4.90 Å². The molecule has 0 aliphatic heterocycles. The van der Waals surface area contributed by atoms with E-state index < -0.39 is 0 Å². The lowest BCUT2D eigenvalue weighted by molar-refractivity contribution is -0.0115. The maximum atomic E-state index is 5.63. The van der Waals surface area contributed by atoms with Gasteiger partial charge < -0.3 is 4.74 Å². The van der Waals surface area contributed by atoms with Crippen LogP contribution in [0.15, 0.2) is 12.7 Å². The van der Waals surface area contributed by atoms with Gasteiger partial charge in [-0.25, -0.2) is 0 Å². The van der Waals surface area contributed by atoms with Crippen LogP contribution in [0.25, 0.3) is 0 Å². The summed E-state index contributed by atoms with van der Waals surface area (Å²) >= 11 is 0. The molecule has 2 nitrogen and oxygen atoms in total. The molecule has 0 atom stereocenters. The summed E-state index contributed by atoms with van der Waals surface area (Å²) in [4.78, 5) is 2.30. The minimum absolute atomic E-state index is 0.0202. The quantitative estimate of drug-likeness (QED) is 0.589. The fourth-order valence-corrected chi connectivity index (χ4v) is 1.04. The van der Waals surface area contributed by atoms with Crippen molar-refractivity contribution in [1.82, 2.24) is 4.90 Å². The number of rotatable bonds is 6. The highest BCUT2D eigenvalue weighted by Gasteiger charge is 2.10. The fraction of sp³-hybridized carbons (Fsp3) is 0.818. The summed E-state index contributed by atoms with van der Waals surface area (Å²) in [7, 11) is 0. The molecule has 2 heteroatoms. The van der Waals surface area contributed by atoms with E-state index in [0.29, 0.717) is 0 Å². The molecule has 0 saturated heterocycles. The third kappa shape index (κ3) is 8.00. The Morgan fingerprint density at radius 2 is 2.00 bits per heavy atom. The van der Waals surface area contributed by atoms with Crippen LogP contribution in [0, 0.1) is 0 Å². The van der Waals surface area contributed by atoms with Crippen molar-refractivity contribution < 1.29 is 4.74 Å². The molecule has 0 aromatic heterocycles.